The monoisotopic (exact) mass is 432 g/mol. The number of anilines is 3. The summed E-state index contributed by atoms with van der Waals surface area (Å²) in [6, 6.07) is 12.3. The van der Waals surface area contributed by atoms with E-state index in [1.165, 1.54) is 0 Å². The van der Waals surface area contributed by atoms with Crippen LogP contribution in [-0.4, -0.2) is 32.7 Å². The molecular weight excluding hydrogens is 411 g/mol. The van der Waals surface area contributed by atoms with Gasteiger partial charge in [-0.2, -0.15) is 4.98 Å². The molecule has 1 aromatic carbocycles. The molecule has 9 heteroatoms. The molecule has 0 saturated carbocycles. The Hall–Kier alpha value is -2.61. The van der Waals surface area contributed by atoms with Crippen molar-refractivity contribution < 1.29 is 5.11 Å². The summed E-state index contributed by atoms with van der Waals surface area (Å²) in [6.07, 6.45) is 1.70. The molecule has 7 nitrogen and oxygen atoms in total. The molecule has 2 heterocycles. The largest absolute Gasteiger partial charge is 0.394 e. The summed E-state index contributed by atoms with van der Waals surface area (Å²) < 4.78 is 0. The number of hydrazine groups is 1. The van der Waals surface area contributed by atoms with E-state index < -0.39 is 0 Å². The van der Waals surface area contributed by atoms with Crippen LogP contribution in [0.15, 0.2) is 48.7 Å². The van der Waals surface area contributed by atoms with Crippen molar-refractivity contribution in [2.75, 3.05) is 22.8 Å². The second-order valence-electron chi connectivity index (χ2n) is 6.73. The molecule has 3 rings (SSSR count). The van der Waals surface area contributed by atoms with E-state index in [2.05, 4.69) is 31.1 Å². The van der Waals surface area contributed by atoms with Crippen molar-refractivity contribution in [3.05, 3.63) is 58.7 Å². The van der Waals surface area contributed by atoms with Crippen molar-refractivity contribution >= 4 is 40.7 Å². The van der Waals surface area contributed by atoms with Crippen molar-refractivity contribution in [1.29, 1.82) is 0 Å². The standard InChI is InChI=1S/C20H22Cl2N6O/c1-12(2)18(11-29)25-20-24-17(16-5-3-4-8-23-16)10-19(26-20)28-27-15-7-6-13(21)9-14(15)22/h3-10,12,18,27,29H,11H2,1-2H3,(H2,24,25,26,28)/t18-/m0/s1. The number of hydrogen-bond acceptors (Lipinski definition) is 7. The Balaban J connectivity index is 1.89. The first-order valence-electron chi connectivity index (χ1n) is 9.11. The first-order chi connectivity index (χ1) is 14.0. The van der Waals surface area contributed by atoms with Gasteiger partial charge < -0.3 is 10.4 Å². The Kier molecular flexibility index (Phi) is 7.09. The van der Waals surface area contributed by atoms with E-state index in [-0.39, 0.29) is 18.6 Å². The van der Waals surface area contributed by atoms with Gasteiger partial charge in [-0.3, -0.25) is 15.8 Å². The number of rotatable bonds is 8. The zero-order chi connectivity index (χ0) is 20.8. The van der Waals surface area contributed by atoms with Gasteiger partial charge in [-0.15, -0.1) is 0 Å². The molecule has 152 valence electrons. The smallest absolute Gasteiger partial charge is 0.225 e. The van der Waals surface area contributed by atoms with Crippen LogP contribution in [-0.2, 0) is 0 Å². The lowest BCUT2D eigenvalue weighted by Crippen LogP contribution is -2.30. The molecule has 0 spiro atoms. The Labute approximate surface area is 179 Å². The highest BCUT2D eigenvalue weighted by molar-refractivity contribution is 6.36. The van der Waals surface area contributed by atoms with Crippen LogP contribution in [0.25, 0.3) is 11.4 Å². The van der Waals surface area contributed by atoms with Gasteiger partial charge in [0.1, 0.15) is 0 Å². The van der Waals surface area contributed by atoms with E-state index >= 15 is 0 Å². The highest BCUT2D eigenvalue weighted by Crippen LogP contribution is 2.26. The molecular formula is C20H22Cl2N6O. The van der Waals surface area contributed by atoms with Crippen molar-refractivity contribution in [3.63, 3.8) is 0 Å². The van der Waals surface area contributed by atoms with Crippen LogP contribution < -0.4 is 16.2 Å². The van der Waals surface area contributed by atoms with Crippen LogP contribution in [0.3, 0.4) is 0 Å². The molecule has 0 saturated heterocycles. The molecule has 0 aliphatic carbocycles. The number of halogens is 2. The lowest BCUT2D eigenvalue weighted by atomic mass is 10.1. The first-order valence-corrected chi connectivity index (χ1v) is 9.87. The van der Waals surface area contributed by atoms with Gasteiger partial charge in [0, 0.05) is 17.3 Å². The molecule has 2 aromatic heterocycles. The molecule has 1 atom stereocenters. The van der Waals surface area contributed by atoms with E-state index in [1.54, 1.807) is 30.5 Å². The molecule has 3 aromatic rings. The number of pyridine rings is 1. The molecule has 0 aliphatic heterocycles. The second kappa shape index (κ2) is 9.73. The summed E-state index contributed by atoms with van der Waals surface area (Å²) in [4.78, 5) is 13.4. The number of hydrogen-bond donors (Lipinski definition) is 4. The summed E-state index contributed by atoms with van der Waals surface area (Å²) in [5.74, 6) is 1.09. The zero-order valence-corrected chi connectivity index (χ0v) is 17.5. The van der Waals surface area contributed by atoms with Gasteiger partial charge in [-0.1, -0.05) is 43.1 Å². The summed E-state index contributed by atoms with van der Waals surface area (Å²) in [6.45, 7) is 4.00. The zero-order valence-electron chi connectivity index (χ0n) is 16.0. The predicted molar refractivity (Wildman–Crippen MR) is 118 cm³/mol. The summed E-state index contributed by atoms with van der Waals surface area (Å²) in [7, 11) is 0. The normalized spacial score (nSPS) is 11.9. The minimum absolute atomic E-state index is 0.0315. The van der Waals surface area contributed by atoms with Gasteiger partial charge >= 0.3 is 0 Å². The van der Waals surface area contributed by atoms with Crippen LogP contribution in [0.5, 0.6) is 0 Å². The van der Waals surface area contributed by atoms with Gasteiger partial charge in [-0.25, -0.2) is 4.98 Å². The number of aliphatic hydroxyl groups is 1. The quantitative estimate of drug-likeness (QED) is 0.382. The maximum atomic E-state index is 9.63. The Morgan fingerprint density at radius 1 is 1.00 bits per heavy atom. The van der Waals surface area contributed by atoms with E-state index in [0.29, 0.717) is 38.9 Å². The van der Waals surface area contributed by atoms with Crippen LogP contribution in [0.4, 0.5) is 17.5 Å². The third-order valence-corrected chi connectivity index (χ3v) is 4.77. The molecule has 0 unspecified atom stereocenters. The van der Waals surface area contributed by atoms with Gasteiger partial charge in [0.05, 0.1) is 34.7 Å². The van der Waals surface area contributed by atoms with Gasteiger partial charge in [0.25, 0.3) is 0 Å². The van der Waals surface area contributed by atoms with Crippen molar-refractivity contribution in [3.8, 4) is 11.4 Å². The van der Waals surface area contributed by atoms with E-state index in [0.717, 1.165) is 0 Å². The third kappa shape index (κ3) is 5.69. The number of aromatic nitrogens is 3. The fourth-order valence-electron chi connectivity index (χ4n) is 2.53. The number of benzene rings is 1. The SMILES string of the molecule is CC(C)[C@H](CO)Nc1nc(NNc2ccc(Cl)cc2Cl)cc(-c2ccccn2)n1. The van der Waals surface area contributed by atoms with Gasteiger partial charge in [-0.05, 0) is 36.2 Å². The molecule has 0 amide bonds. The lowest BCUT2D eigenvalue weighted by molar-refractivity contribution is 0.248. The fourth-order valence-corrected chi connectivity index (χ4v) is 2.99. The van der Waals surface area contributed by atoms with Crippen molar-refractivity contribution in [2.45, 2.75) is 19.9 Å². The number of nitrogens with one attached hydrogen (secondary N) is 3. The molecule has 4 N–H and O–H groups in total. The second-order valence-corrected chi connectivity index (χ2v) is 7.57. The molecule has 0 bridgehead atoms. The van der Waals surface area contributed by atoms with Crippen LogP contribution in [0.1, 0.15) is 13.8 Å². The van der Waals surface area contributed by atoms with Crippen LogP contribution in [0.2, 0.25) is 10.0 Å². The van der Waals surface area contributed by atoms with E-state index in [4.69, 9.17) is 23.2 Å². The minimum Gasteiger partial charge on any atom is -0.394 e. The molecule has 0 radical (unpaired) electrons. The average molecular weight is 433 g/mol. The van der Waals surface area contributed by atoms with Crippen molar-refractivity contribution in [2.24, 2.45) is 5.92 Å². The molecule has 0 fully saturated rings. The molecule has 0 aliphatic rings. The highest BCUT2D eigenvalue weighted by Gasteiger charge is 2.15. The van der Waals surface area contributed by atoms with Gasteiger partial charge in [0.2, 0.25) is 5.95 Å². The van der Waals surface area contributed by atoms with Crippen molar-refractivity contribution in [1.82, 2.24) is 15.0 Å². The topological polar surface area (TPSA) is 95.0 Å². The highest BCUT2D eigenvalue weighted by atomic mass is 35.5. The average Bonchev–Trinajstić information content (AvgIpc) is 2.71. The maximum Gasteiger partial charge on any atom is 0.225 e. The maximum absolute atomic E-state index is 9.63. The first kappa shape index (κ1) is 21.1. The Bertz CT molecular complexity index is 955. The summed E-state index contributed by atoms with van der Waals surface area (Å²) in [5.41, 5.74) is 8.05. The summed E-state index contributed by atoms with van der Waals surface area (Å²) >= 11 is 12.1. The van der Waals surface area contributed by atoms with Gasteiger partial charge in [0.15, 0.2) is 5.82 Å². The Morgan fingerprint density at radius 3 is 2.48 bits per heavy atom. The van der Waals surface area contributed by atoms with Crippen LogP contribution >= 0.6 is 23.2 Å². The Morgan fingerprint density at radius 2 is 1.83 bits per heavy atom. The fraction of sp³-hybridized carbons (Fsp3) is 0.250. The predicted octanol–water partition coefficient (Wildman–Crippen LogP) is 4.71. The number of nitrogens with zero attached hydrogens (tertiary/aromatic N) is 3. The molecule has 29 heavy (non-hydrogen) atoms. The summed E-state index contributed by atoms with van der Waals surface area (Å²) in [5, 5.41) is 13.8. The van der Waals surface area contributed by atoms with Crippen LogP contribution in [0, 0.1) is 5.92 Å². The third-order valence-electron chi connectivity index (χ3n) is 4.23. The minimum atomic E-state index is -0.180. The van der Waals surface area contributed by atoms with E-state index in [1.807, 2.05) is 32.0 Å². The van der Waals surface area contributed by atoms with E-state index in [9.17, 15) is 5.11 Å². The lowest BCUT2D eigenvalue weighted by Gasteiger charge is -2.21. The number of aliphatic hydroxyl groups excluding tert-OH is 1.